The molecule has 2 aliphatic rings. The second-order valence-corrected chi connectivity index (χ2v) is 8.28. The highest BCUT2D eigenvalue weighted by atomic mass is 35.5. The Morgan fingerprint density at radius 2 is 1.88 bits per heavy atom. The molecule has 0 saturated carbocycles. The Kier molecular flexibility index (Phi) is 8.87. The average molecular weight is 476 g/mol. The van der Waals surface area contributed by atoms with E-state index >= 15 is 0 Å². The van der Waals surface area contributed by atoms with Crippen LogP contribution in [-0.4, -0.2) is 80.1 Å². The molecule has 0 spiro atoms. The SMILES string of the molecule is C=CCNC(=O)CN1CCN(CC2=C(C(=O)OCC)C(c3ccc(Cl)cc3)NC(=O)N2)CC1. The lowest BCUT2D eigenvalue weighted by molar-refractivity contribution is -0.139. The monoisotopic (exact) mass is 475 g/mol. The molecule has 1 unspecified atom stereocenters. The fraction of sp³-hybridized carbons (Fsp3) is 0.435. The van der Waals surface area contributed by atoms with E-state index in [2.05, 4.69) is 32.3 Å². The van der Waals surface area contributed by atoms with Gasteiger partial charge in [0.2, 0.25) is 5.91 Å². The number of amides is 3. The molecule has 1 atom stereocenters. The molecular weight excluding hydrogens is 446 g/mol. The molecule has 0 aliphatic carbocycles. The number of nitrogens with one attached hydrogen (secondary N) is 3. The van der Waals surface area contributed by atoms with Crippen LogP contribution in [0.25, 0.3) is 0 Å². The third kappa shape index (κ3) is 6.80. The van der Waals surface area contributed by atoms with Gasteiger partial charge in [-0.1, -0.05) is 29.8 Å². The first-order valence-electron chi connectivity index (χ1n) is 11.0. The Hall–Kier alpha value is -2.88. The summed E-state index contributed by atoms with van der Waals surface area (Å²) in [7, 11) is 0. The van der Waals surface area contributed by atoms with E-state index in [1.54, 1.807) is 37.3 Å². The third-order valence-electron chi connectivity index (χ3n) is 5.51. The number of ether oxygens (including phenoxy) is 1. The van der Waals surface area contributed by atoms with Gasteiger partial charge in [0.1, 0.15) is 0 Å². The van der Waals surface area contributed by atoms with Gasteiger partial charge in [-0.15, -0.1) is 6.58 Å². The molecule has 9 nitrogen and oxygen atoms in total. The first-order valence-corrected chi connectivity index (χ1v) is 11.3. The van der Waals surface area contributed by atoms with E-state index in [0.717, 1.165) is 5.56 Å². The number of rotatable bonds is 9. The smallest absolute Gasteiger partial charge is 0.338 e. The number of carbonyl (C=O) groups is 3. The summed E-state index contributed by atoms with van der Waals surface area (Å²) in [5.41, 5.74) is 1.64. The molecule has 10 heteroatoms. The average Bonchev–Trinajstić information content (AvgIpc) is 2.79. The summed E-state index contributed by atoms with van der Waals surface area (Å²) >= 11 is 6.01. The van der Waals surface area contributed by atoms with Gasteiger partial charge >= 0.3 is 12.0 Å². The van der Waals surface area contributed by atoms with Crippen LogP contribution < -0.4 is 16.0 Å². The van der Waals surface area contributed by atoms with E-state index in [0.29, 0.717) is 62.1 Å². The summed E-state index contributed by atoms with van der Waals surface area (Å²) in [6.45, 7) is 9.54. The molecule has 1 aromatic carbocycles. The van der Waals surface area contributed by atoms with Gasteiger partial charge < -0.3 is 20.7 Å². The highest BCUT2D eigenvalue weighted by Gasteiger charge is 2.34. The zero-order valence-corrected chi connectivity index (χ0v) is 19.5. The molecular formula is C23H30ClN5O4. The van der Waals surface area contributed by atoms with Crippen molar-refractivity contribution in [3.05, 3.63) is 58.8 Å². The predicted octanol–water partition coefficient (Wildman–Crippen LogP) is 1.43. The zero-order valence-electron chi connectivity index (χ0n) is 18.7. The summed E-state index contributed by atoms with van der Waals surface area (Å²) in [6.07, 6.45) is 1.65. The van der Waals surface area contributed by atoms with E-state index in [9.17, 15) is 14.4 Å². The lowest BCUT2D eigenvalue weighted by Gasteiger charge is -2.36. The maximum absolute atomic E-state index is 12.9. The molecule has 2 heterocycles. The van der Waals surface area contributed by atoms with Crippen molar-refractivity contribution in [2.45, 2.75) is 13.0 Å². The van der Waals surface area contributed by atoms with Gasteiger partial charge in [-0.25, -0.2) is 9.59 Å². The van der Waals surface area contributed by atoms with Crippen molar-refractivity contribution in [3.8, 4) is 0 Å². The number of nitrogens with zero attached hydrogens (tertiary/aromatic N) is 2. The molecule has 0 radical (unpaired) electrons. The maximum Gasteiger partial charge on any atom is 0.338 e. The van der Waals surface area contributed by atoms with E-state index < -0.39 is 12.0 Å². The third-order valence-corrected chi connectivity index (χ3v) is 5.76. The minimum atomic E-state index is -0.639. The van der Waals surface area contributed by atoms with Gasteiger partial charge in [-0.3, -0.25) is 14.6 Å². The van der Waals surface area contributed by atoms with Gasteiger partial charge in [-0.05, 0) is 24.6 Å². The molecule has 3 rings (SSSR count). The molecule has 0 bridgehead atoms. The number of halogens is 1. The van der Waals surface area contributed by atoms with Crippen LogP contribution in [0.5, 0.6) is 0 Å². The second kappa shape index (κ2) is 11.8. The number of hydrogen-bond acceptors (Lipinski definition) is 6. The first-order chi connectivity index (χ1) is 15.9. The molecule has 3 amide bonds. The highest BCUT2D eigenvalue weighted by molar-refractivity contribution is 6.30. The van der Waals surface area contributed by atoms with Crippen LogP contribution in [0.15, 0.2) is 48.2 Å². The fourth-order valence-electron chi connectivity index (χ4n) is 3.87. The second-order valence-electron chi connectivity index (χ2n) is 7.84. The summed E-state index contributed by atoms with van der Waals surface area (Å²) in [6, 6.07) is 5.99. The van der Waals surface area contributed by atoms with E-state index in [-0.39, 0.29) is 18.5 Å². The predicted molar refractivity (Wildman–Crippen MR) is 126 cm³/mol. The minimum absolute atomic E-state index is 0.0351. The zero-order chi connectivity index (χ0) is 23.8. The number of urea groups is 1. The van der Waals surface area contributed by atoms with Gasteiger partial charge in [0.25, 0.3) is 0 Å². The topological polar surface area (TPSA) is 103 Å². The summed E-state index contributed by atoms with van der Waals surface area (Å²) in [5.74, 6) is -0.510. The van der Waals surface area contributed by atoms with Gasteiger partial charge in [0.15, 0.2) is 0 Å². The van der Waals surface area contributed by atoms with Crippen LogP contribution in [0, 0.1) is 0 Å². The van der Waals surface area contributed by atoms with Crippen LogP contribution >= 0.6 is 11.6 Å². The minimum Gasteiger partial charge on any atom is -0.463 e. The van der Waals surface area contributed by atoms with Crippen molar-refractivity contribution < 1.29 is 19.1 Å². The normalized spacial score (nSPS) is 19.5. The summed E-state index contributed by atoms with van der Waals surface area (Å²) in [4.78, 5) is 41.5. The quantitative estimate of drug-likeness (QED) is 0.369. The van der Waals surface area contributed by atoms with Crippen LogP contribution in [0.4, 0.5) is 4.79 Å². The molecule has 1 saturated heterocycles. The van der Waals surface area contributed by atoms with Crippen molar-refractivity contribution in [1.82, 2.24) is 25.8 Å². The Morgan fingerprint density at radius 1 is 1.21 bits per heavy atom. The molecule has 1 fully saturated rings. The Balaban J connectivity index is 1.74. The molecule has 178 valence electrons. The molecule has 33 heavy (non-hydrogen) atoms. The van der Waals surface area contributed by atoms with Crippen molar-refractivity contribution >= 4 is 29.5 Å². The Labute approximate surface area is 198 Å². The number of esters is 1. The highest BCUT2D eigenvalue weighted by Crippen LogP contribution is 2.29. The van der Waals surface area contributed by atoms with Crippen molar-refractivity contribution in [3.63, 3.8) is 0 Å². The van der Waals surface area contributed by atoms with Crippen molar-refractivity contribution in [1.29, 1.82) is 0 Å². The molecule has 3 N–H and O–H groups in total. The Morgan fingerprint density at radius 3 is 2.52 bits per heavy atom. The van der Waals surface area contributed by atoms with Crippen LogP contribution in [0.3, 0.4) is 0 Å². The van der Waals surface area contributed by atoms with Crippen LogP contribution in [-0.2, 0) is 14.3 Å². The van der Waals surface area contributed by atoms with E-state index in [4.69, 9.17) is 16.3 Å². The molecule has 1 aromatic rings. The maximum atomic E-state index is 12.9. The van der Waals surface area contributed by atoms with Crippen molar-refractivity contribution in [2.24, 2.45) is 0 Å². The first kappa shape index (κ1) is 24.8. The van der Waals surface area contributed by atoms with E-state index in [1.165, 1.54) is 0 Å². The van der Waals surface area contributed by atoms with Gasteiger partial charge in [-0.2, -0.15) is 0 Å². The van der Waals surface area contributed by atoms with Gasteiger partial charge in [0, 0.05) is 50.0 Å². The van der Waals surface area contributed by atoms with Crippen molar-refractivity contribution in [2.75, 3.05) is 52.4 Å². The lowest BCUT2D eigenvalue weighted by atomic mass is 9.95. The number of hydrogen-bond donors (Lipinski definition) is 3. The summed E-state index contributed by atoms with van der Waals surface area (Å²) in [5, 5.41) is 8.98. The summed E-state index contributed by atoms with van der Waals surface area (Å²) < 4.78 is 5.31. The van der Waals surface area contributed by atoms with Crippen LogP contribution in [0.2, 0.25) is 5.02 Å². The standard InChI is InChI=1S/C23H30ClN5O4/c1-3-9-25-19(30)15-29-12-10-28(11-13-29)14-18-20(22(31)33-4-2)21(27-23(32)26-18)16-5-7-17(24)8-6-16/h3,5-8,21H,1,4,9-15H2,2H3,(H,25,30)(H2,26,27,32). The number of carbonyl (C=O) groups excluding carboxylic acids is 3. The van der Waals surface area contributed by atoms with Crippen LogP contribution in [0.1, 0.15) is 18.5 Å². The number of piperazine rings is 1. The Bertz CT molecular complexity index is 910. The molecule has 0 aromatic heterocycles. The van der Waals surface area contributed by atoms with E-state index in [1.807, 2.05) is 0 Å². The fourth-order valence-corrected chi connectivity index (χ4v) is 4.00. The number of benzene rings is 1. The molecule has 2 aliphatic heterocycles. The largest absolute Gasteiger partial charge is 0.463 e. The lowest BCUT2D eigenvalue weighted by Crippen LogP contribution is -2.52. The van der Waals surface area contributed by atoms with Gasteiger partial charge in [0.05, 0.1) is 24.8 Å².